The van der Waals surface area contributed by atoms with Crippen LogP contribution in [0.5, 0.6) is 5.75 Å². The summed E-state index contributed by atoms with van der Waals surface area (Å²) in [6.45, 7) is 9.00. The average molecular weight is 589 g/mol. The van der Waals surface area contributed by atoms with Crippen molar-refractivity contribution in [2.24, 2.45) is 17.3 Å². The lowest BCUT2D eigenvalue weighted by Gasteiger charge is -2.49. The Morgan fingerprint density at radius 1 is 0.925 bits per heavy atom. The van der Waals surface area contributed by atoms with Crippen molar-refractivity contribution in [3.8, 4) is 5.75 Å². The van der Waals surface area contributed by atoms with Gasteiger partial charge < -0.3 is 5.11 Å². The van der Waals surface area contributed by atoms with Gasteiger partial charge in [0.2, 0.25) is 0 Å². The van der Waals surface area contributed by atoms with Crippen molar-refractivity contribution in [1.82, 2.24) is 0 Å². The molecule has 0 aromatic heterocycles. The number of aromatic hydroxyl groups is 1. The van der Waals surface area contributed by atoms with Crippen molar-refractivity contribution in [1.29, 1.82) is 0 Å². The molecule has 3 aliphatic rings. The first-order chi connectivity index (χ1) is 18.9. The Labute approximate surface area is 242 Å². The molecule has 4 rings (SSSR count). The molecule has 1 aromatic carbocycles. The van der Waals surface area contributed by atoms with Crippen molar-refractivity contribution < 1.29 is 27.1 Å². The van der Waals surface area contributed by atoms with E-state index in [-0.39, 0.29) is 6.42 Å². The number of hydrogen-bond donors (Lipinski definition) is 1. The van der Waals surface area contributed by atoms with Crippen LogP contribution in [0.1, 0.15) is 121 Å². The molecule has 0 bridgehead atoms. The largest absolute Gasteiger partial charge is 0.508 e. The number of benzene rings is 1. The molecule has 0 radical (unpaired) electrons. The lowest BCUT2D eigenvalue weighted by atomic mass is 9.55. The average Bonchev–Trinajstić information content (AvgIpc) is 3.21. The van der Waals surface area contributed by atoms with Crippen LogP contribution in [0.3, 0.4) is 0 Å². The quantitative estimate of drug-likeness (QED) is 0.149. The lowest BCUT2D eigenvalue weighted by Crippen LogP contribution is -2.40. The van der Waals surface area contributed by atoms with Crippen LogP contribution in [-0.4, -0.2) is 28.7 Å². The molecule has 4 unspecified atom stereocenters. The van der Waals surface area contributed by atoms with Gasteiger partial charge in [-0.2, -0.15) is 33.7 Å². The van der Waals surface area contributed by atoms with Gasteiger partial charge in [0, 0.05) is 6.42 Å². The van der Waals surface area contributed by atoms with E-state index in [1.54, 1.807) is 0 Å². The molecule has 0 amide bonds. The van der Waals surface area contributed by atoms with Gasteiger partial charge in [0.1, 0.15) is 5.75 Å². The third-order valence-corrected chi connectivity index (χ3v) is 10.9. The number of phenolic OH excluding ortho intramolecular Hbond substituents is 1. The number of unbranched alkanes of at least 4 members (excludes halogenated alkanes) is 6. The summed E-state index contributed by atoms with van der Waals surface area (Å²) in [5.74, 6) is -0.471. The van der Waals surface area contributed by atoms with Crippen LogP contribution in [0.4, 0.5) is 22.0 Å². The highest BCUT2D eigenvalue weighted by molar-refractivity contribution is 7.99. The molecule has 0 spiro atoms. The van der Waals surface area contributed by atoms with Crippen molar-refractivity contribution in [3.63, 3.8) is 0 Å². The minimum atomic E-state index is -5.41. The molecule has 4 atom stereocenters. The molecule has 1 aromatic rings. The summed E-state index contributed by atoms with van der Waals surface area (Å²) >= 11 is 1.47. The summed E-state index contributed by atoms with van der Waals surface area (Å²) in [5.41, 5.74) is 4.85. The zero-order valence-electron chi connectivity index (χ0n) is 24.4. The Hall–Kier alpha value is -1.24. The highest BCUT2D eigenvalue weighted by Crippen LogP contribution is 2.62. The van der Waals surface area contributed by atoms with E-state index >= 15 is 0 Å². The second-order valence-corrected chi connectivity index (χ2v) is 13.7. The van der Waals surface area contributed by atoms with Gasteiger partial charge in [-0.25, -0.2) is 0 Å². The van der Waals surface area contributed by atoms with Crippen molar-refractivity contribution in [3.05, 3.63) is 41.5 Å². The van der Waals surface area contributed by atoms with Gasteiger partial charge in [0.05, 0.1) is 0 Å². The summed E-state index contributed by atoms with van der Waals surface area (Å²) in [6, 6.07) is 6.06. The second kappa shape index (κ2) is 14.8. The maximum atomic E-state index is 12.6. The summed E-state index contributed by atoms with van der Waals surface area (Å²) in [5, 5.41) is 9.70. The number of alkyl halides is 5. The van der Waals surface area contributed by atoms with Crippen LogP contribution < -0.4 is 0 Å². The van der Waals surface area contributed by atoms with Gasteiger partial charge in [-0.1, -0.05) is 70.6 Å². The van der Waals surface area contributed by atoms with E-state index < -0.39 is 18.5 Å². The van der Waals surface area contributed by atoms with E-state index in [2.05, 4.69) is 26.5 Å². The number of aryl methyl sites for hydroxylation is 1. The molecule has 3 aliphatic carbocycles. The molecule has 2 saturated carbocycles. The molecule has 7 heteroatoms. The number of hydrogen-bond acceptors (Lipinski definition) is 2. The second-order valence-electron chi connectivity index (χ2n) is 12.4. The van der Waals surface area contributed by atoms with E-state index in [9.17, 15) is 27.1 Å². The molecule has 0 saturated heterocycles. The van der Waals surface area contributed by atoms with E-state index in [1.807, 2.05) is 12.1 Å². The van der Waals surface area contributed by atoms with E-state index in [0.717, 1.165) is 42.8 Å². The van der Waals surface area contributed by atoms with Gasteiger partial charge >= 0.3 is 12.1 Å². The standard InChI is InChI=1S/C19H24O.C14H25F5S/c1-12-3-8-18-17-6-4-13-11-14(20)5-7-15(13)16(17)9-10-19(12,18)2;1-2-3-4-5-6-7-8-11-20-12-9-10-13(15,16)14(17,18)19/h5,7,11,16-18,20H,1,3-4,6,8-10H2,2H3;2-12H2,1H3. The zero-order valence-corrected chi connectivity index (χ0v) is 25.3. The predicted molar refractivity (Wildman–Crippen MR) is 157 cm³/mol. The fourth-order valence-corrected chi connectivity index (χ4v) is 8.24. The maximum Gasteiger partial charge on any atom is 0.453 e. The first-order valence-corrected chi connectivity index (χ1v) is 16.6. The Kier molecular flexibility index (Phi) is 12.3. The van der Waals surface area contributed by atoms with Gasteiger partial charge in [0.25, 0.3) is 0 Å². The van der Waals surface area contributed by atoms with Crippen LogP contribution in [0.15, 0.2) is 30.4 Å². The van der Waals surface area contributed by atoms with E-state index in [4.69, 9.17) is 0 Å². The summed E-state index contributed by atoms with van der Waals surface area (Å²) in [7, 11) is 0. The fourth-order valence-electron chi connectivity index (χ4n) is 7.28. The Balaban J connectivity index is 0.000000220. The van der Waals surface area contributed by atoms with Crippen LogP contribution in [0.25, 0.3) is 0 Å². The molecule has 2 fully saturated rings. The molecule has 0 heterocycles. The van der Waals surface area contributed by atoms with Crippen molar-refractivity contribution in [2.75, 3.05) is 11.5 Å². The highest BCUT2D eigenvalue weighted by atomic mass is 32.2. The minimum Gasteiger partial charge on any atom is -0.508 e. The van der Waals surface area contributed by atoms with Crippen LogP contribution >= 0.6 is 11.8 Å². The Morgan fingerprint density at radius 2 is 1.60 bits per heavy atom. The lowest BCUT2D eigenvalue weighted by molar-refractivity contribution is -0.284. The number of allylic oxidation sites excluding steroid dienone is 1. The van der Waals surface area contributed by atoms with E-state index in [1.165, 1.54) is 92.7 Å². The fraction of sp³-hybridized carbons (Fsp3) is 0.758. The summed E-state index contributed by atoms with van der Waals surface area (Å²) in [6.07, 6.45) is 9.35. The van der Waals surface area contributed by atoms with Crippen LogP contribution in [0.2, 0.25) is 0 Å². The number of halogens is 5. The first-order valence-electron chi connectivity index (χ1n) is 15.4. The number of thioether (sulfide) groups is 1. The van der Waals surface area contributed by atoms with Crippen LogP contribution in [0, 0.1) is 17.3 Å². The number of rotatable bonds is 12. The third-order valence-electron chi connectivity index (χ3n) is 9.75. The molecule has 228 valence electrons. The van der Waals surface area contributed by atoms with Gasteiger partial charge in [0.15, 0.2) is 0 Å². The predicted octanol–water partition coefficient (Wildman–Crippen LogP) is 11.3. The van der Waals surface area contributed by atoms with Crippen molar-refractivity contribution >= 4 is 11.8 Å². The first kappa shape index (κ1) is 33.3. The zero-order chi connectivity index (χ0) is 29.4. The third kappa shape index (κ3) is 8.41. The molecule has 1 nitrogen and oxygen atoms in total. The normalized spacial score (nSPS) is 26.0. The Bertz CT molecular complexity index is 945. The maximum absolute atomic E-state index is 12.6. The summed E-state index contributed by atoms with van der Waals surface area (Å²) in [4.78, 5) is 0. The number of phenols is 1. The molecule has 40 heavy (non-hydrogen) atoms. The van der Waals surface area contributed by atoms with Gasteiger partial charge in [-0.3, -0.25) is 0 Å². The molecule has 1 N–H and O–H groups in total. The SMILES string of the molecule is C=C1CCC2C3CCc4cc(O)ccc4C3CCC12C.CCCCCCCCCSCCCC(F)(F)C(F)(F)F. The van der Waals surface area contributed by atoms with E-state index in [0.29, 0.717) is 16.9 Å². The highest BCUT2D eigenvalue weighted by Gasteiger charge is 2.56. The van der Waals surface area contributed by atoms with Gasteiger partial charge in [-0.15, -0.1) is 0 Å². The molecular weight excluding hydrogens is 539 g/mol. The molecular formula is C33H49F5OS. The Morgan fingerprint density at radius 3 is 2.30 bits per heavy atom. The summed E-state index contributed by atoms with van der Waals surface area (Å²) < 4.78 is 60.8. The van der Waals surface area contributed by atoms with Crippen LogP contribution in [-0.2, 0) is 6.42 Å². The minimum absolute atomic E-state index is 0.0896. The monoisotopic (exact) mass is 588 g/mol. The topological polar surface area (TPSA) is 20.2 Å². The number of fused-ring (bicyclic) bond motifs is 5. The smallest absolute Gasteiger partial charge is 0.453 e. The van der Waals surface area contributed by atoms with Gasteiger partial charge in [-0.05, 0) is 109 Å². The van der Waals surface area contributed by atoms with Crippen molar-refractivity contribution in [2.45, 2.75) is 128 Å². The molecule has 0 aliphatic heterocycles.